The highest BCUT2D eigenvalue weighted by Crippen LogP contribution is 2.19. The van der Waals surface area contributed by atoms with Gasteiger partial charge in [0, 0.05) is 13.2 Å². The first-order valence-electron chi connectivity index (χ1n) is 7.03. The van der Waals surface area contributed by atoms with Gasteiger partial charge in [-0.25, -0.2) is 4.68 Å². The maximum absolute atomic E-state index is 5.54. The summed E-state index contributed by atoms with van der Waals surface area (Å²) in [6.07, 6.45) is 2.36. The number of aryl methyl sites for hydroxylation is 1. The summed E-state index contributed by atoms with van der Waals surface area (Å²) in [6, 6.07) is 8.16. The van der Waals surface area contributed by atoms with Gasteiger partial charge in [0.25, 0.3) is 0 Å². The number of hydrogen-bond donors (Lipinski definition) is 0. The van der Waals surface area contributed by atoms with Gasteiger partial charge in [-0.3, -0.25) is 0 Å². The summed E-state index contributed by atoms with van der Waals surface area (Å²) in [4.78, 5) is 0. The molecule has 0 aliphatic heterocycles. The average molecular weight is 275 g/mol. The molecular weight excluding hydrogens is 254 g/mol. The molecule has 5 heteroatoms. The number of rotatable bonds is 7. The van der Waals surface area contributed by atoms with Gasteiger partial charge in [-0.05, 0) is 31.9 Å². The number of benzene rings is 1. The second-order valence-electron chi connectivity index (χ2n) is 4.31. The summed E-state index contributed by atoms with van der Waals surface area (Å²) in [7, 11) is 0. The molecule has 0 saturated carbocycles. The van der Waals surface area contributed by atoms with E-state index in [0.29, 0.717) is 18.9 Å². The molecule has 0 bridgehead atoms. The van der Waals surface area contributed by atoms with E-state index in [0.717, 1.165) is 12.1 Å². The lowest BCUT2D eigenvalue weighted by Crippen LogP contribution is -2.09. The number of nitrogens with zero attached hydrogens (tertiary/aromatic N) is 3. The minimum Gasteiger partial charge on any atom is -0.347 e. The van der Waals surface area contributed by atoms with Crippen molar-refractivity contribution in [2.45, 2.75) is 33.5 Å². The maximum Gasteiger partial charge on any atom is 0.204 e. The third kappa shape index (κ3) is 3.23. The number of ether oxygens (including phenoxy) is 2. The highest BCUT2D eigenvalue weighted by atomic mass is 16.7. The highest BCUT2D eigenvalue weighted by molar-refractivity contribution is 5.40. The summed E-state index contributed by atoms with van der Waals surface area (Å²) in [5, 5.41) is 8.36. The zero-order chi connectivity index (χ0) is 14.4. The molecule has 1 aromatic carbocycles. The second kappa shape index (κ2) is 7.17. The molecule has 5 nitrogen and oxygen atoms in total. The van der Waals surface area contributed by atoms with Crippen molar-refractivity contribution in [2.24, 2.45) is 0 Å². The van der Waals surface area contributed by atoms with E-state index < -0.39 is 6.29 Å². The molecule has 0 aliphatic rings. The van der Waals surface area contributed by atoms with Crippen LogP contribution in [0.15, 0.2) is 30.5 Å². The first kappa shape index (κ1) is 14.7. The van der Waals surface area contributed by atoms with Crippen molar-refractivity contribution in [3.8, 4) is 5.69 Å². The van der Waals surface area contributed by atoms with E-state index in [-0.39, 0.29) is 0 Å². The molecule has 0 saturated heterocycles. The Morgan fingerprint density at radius 1 is 1.10 bits per heavy atom. The van der Waals surface area contributed by atoms with Gasteiger partial charge in [0.1, 0.15) is 5.69 Å². The SMILES string of the molecule is CCOC(OCC)c1cn(-c2ccccc2CC)nn1. The molecule has 0 spiro atoms. The van der Waals surface area contributed by atoms with Crippen molar-refractivity contribution < 1.29 is 9.47 Å². The summed E-state index contributed by atoms with van der Waals surface area (Å²) in [5.74, 6) is 0. The molecule has 0 radical (unpaired) electrons. The van der Waals surface area contributed by atoms with Crippen LogP contribution in [0.1, 0.15) is 38.3 Å². The molecular formula is C15H21N3O2. The Morgan fingerprint density at radius 2 is 1.80 bits per heavy atom. The molecule has 0 N–H and O–H groups in total. The van der Waals surface area contributed by atoms with Crippen molar-refractivity contribution in [3.05, 3.63) is 41.7 Å². The zero-order valence-corrected chi connectivity index (χ0v) is 12.2. The predicted octanol–water partition coefficient (Wildman–Crippen LogP) is 2.90. The van der Waals surface area contributed by atoms with Crippen LogP contribution in [0, 0.1) is 0 Å². The Bertz CT molecular complexity index is 533. The Morgan fingerprint density at radius 3 is 2.45 bits per heavy atom. The zero-order valence-electron chi connectivity index (χ0n) is 12.2. The molecule has 108 valence electrons. The molecule has 20 heavy (non-hydrogen) atoms. The molecule has 2 aromatic rings. The maximum atomic E-state index is 5.54. The Labute approximate surface area is 119 Å². The number of aromatic nitrogens is 3. The molecule has 2 rings (SSSR count). The van der Waals surface area contributed by atoms with Crippen molar-refractivity contribution in [3.63, 3.8) is 0 Å². The van der Waals surface area contributed by atoms with Gasteiger partial charge in [0.15, 0.2) is 0 Å². The predicted molar refractivity (Wildman–Crippen MR) is 76.7 cm³/mol. The fourth-order valence-electron chi connectivity index (χ4n) is 2.06. The van der Waals surface area contributed by atoms with Crippen LogP contribution in [0.3, 0.4) is 0 Å². The molecule has 0 atom stereocenters. The van der Waals surface area contributed by atoms with E-state index in [4.69, 9.17) is 9.47 Å². The molecule has 1 heterocycles. The van der Waals surface area contributed by atoms with Gasteiger partial charge >= 0.3 is 0 Å². The summed E-state index contributed by atoms with van der Waals surface area (Å²) >= 11 is 0. The van der Waals surface area contributed by atoms with Crippen LogP contribution >= 0.6 is 0 Å². The van der Waals surface area contributed by atoms with Gasteiger partial charge in [0.2, 0.25) is 6.29 Å². The minimum absolute atomic E-state index is 0.451. The summed E-state index contributed by atoms with van der Waals surface area (Å²) in [5.41, 5.74) is 2.97. The van der Waals surface area contributed by atoms with Crippen LogP contribution in [-0.2, 0) is 15.9 Å². The fourth-order valence-corrected chi connectivity index (χ4v) is 2.06. The van der Waals surface area contributed by atoms with E-state index in [1.807, 2.05) is 38.2 Å². The van der Waals surface area contributed by atoms with Crippen LogP contribution in [0.25, 0.3) is 5.69 Å². The van der Waals surface area contributed by atoms with E-state index in [1.165, 1.54) is 5.56 Å². The number of hydrogen-bond acceptors (Lipinski definition) is 4. The van der Waals surface area contributed by atoms with Crippen molar-refractivity contribution >= 4 is 0 Å². The topological polar surface area (TPSA) is 49.2 Å². The molecule has 0 amide bonds. The lowest BCUT2D eigenvalue weighted by atomic mass is 10.1. The second-order valence-corrected chi connectivity index (χ2v) is 4.31. The van der Waals surface area contributed by atoms with E-state index in [1.54, 1.807) is 4.68 Å². The van der Waals surface area contributed by atoms with E-state index in [2.05, 4.69) is 23.3 Å². The Balaban J connectivity index is 2.27. The standard InChI is InChI=1S/C15H21N3O2/c1-4-12-9-7-8-10-14(12)18-11-13(16-17-18)15(19-5-2)20-6-3/h7-11,15H,4-6H2,1-3H3. The highest BCUT2D eigenvalue weighted by Gasteiger charge is 2.16. The molecule has 1 aromatic heterocycles. The molecule has 0 unspecified atom stereocenters. The summed E-state index contributed by atoms with van der Waals surface area (Å²) in [6.45, 7) is 7.14. The largest absolute Gasteiger partial charge is 0.347 e. The lowest BCUT2D eigenvalue weighted by molar-refractivity contribution is -0.142. The Kier molecular flexibility index (Phi) is 5.26. The van der Waals surface area contributed by atoms with Gasteiger partial charge < -0.3 is 9.47 Å². The van der Waals surface area contributed by atoms with Gasteiger partial charge in [-0.2, -0.15) is 0 Å². The van der Waals surface area contributed by atoms with E-state index in [9.17, 15) is 0 Å². The van der Waals surface area contributed by atoms with Gasteiger partial charge in [-0.1, -0.05) is 30.3 Å². The van der Waals surface area contributed by atoms with Crippen LogP contribution in [0.5, 0.6) is 0 Å². The molecule has 0 fully saturated rings. The van der Waals surface area contributed by atoms with Crippen molar-refractivity contribution in [1.29, 1.82) is 0 Å². The van der Waals surface area contributed by atoms with Crippen LogP contribution in [0.4, 0.5) is 0 Å². The first-order chi connectivity index (χ1) is 9.80. The summed E-state index contributed by atoms with van der Waals surface area (Å²) < 4.78 is 12.8. The lowest BCUT2D eigenvalue weighted by Gasteiger charge is -2.13. The van der Waals surface area contributed by atoms with Gasteiger partial charge in [0.05, 0.1) is 11.9 Å². The smallest absolute Gasteiger partial charge is 0.204 e. The van der Waals surface area contributed by atoms with Crippen LogP contribution in [-0.4, -0.2) is 28.2 Å². The Hall–Kier alpha value is -1.72. The minimum atomic E-state index is -0.451. The van der Waals surface area contributed by atoms with Crippen molar-refractivity contribution in [2.75, 3.05) is 13.2 Å². The normalized spacial score (nSPS) is 11.2. The average Bonchev–Trinajstić information content (AvgIpc) is 2.96. The first-order valence-corrected chi connectivity index (χ1v) is 7.03. The van der Waals surface area contributed by atoms with Crippen molar-refractivity contribution in [1.82, 2.24) is 15.0 Å². The van der Waals surface area contributed by atoms with E-state index >= 15 is 0 Å². The fraction of sp³-hybridized carbons (Fsp3) is 0.467. The van der Waals surface area contributed by atoms with Gasteiger partial charge in [-0.15, -0.1) is 5.10 Å². The third-order valence-electron chi connectivity index (χ3n) is 3.01. The van der Waals surface area contributed by atoms with Crippen LogP contribution in [0.2, 0.25) is 0 Å². The third-order valence-corrected chi connectivity index (χ3v) is 3.01. The van der Waals surface area contributed by atoms with Crippen LogP contribution < -0.4 is 0 Å². The number of para-hydroxylation sites is 1. The monoisotopic (exact) mass is 275 g/mol. The molecule has 0 aliphatic carbocycles. The quantitative estimate of drug-likeness (QED) is 0.729.